The maximum absolute atomic E-state index is 12.9. The molecule has 2 atom stereocenters. The summed E-state index contributed by atoms with van der Waals surface area (Å²) in [5.74, 6) is -0.423. The molecular formula is C15H22ClN3O3S. The van der Waals surface area contributed by atoms with E-state index in [4.69, 9.17) is 11.6 Å². The molecule has 0 saturated carbocycles. The number of rotatable bonds is 4. The number of carbonyl (C=O) groups is 1. The molecule has 1 saturated heterocycles. The molecule has 1 aromatic rings. The summed E-state index contributed by atoms with van der Waals surface area (Å²) in [5.41, 5.74) is 0.817. The van der Waals surface area contributed by atoms with Gasteiger partial charge in [0.05, 0.1) is 6.04 Å². The van der Waals surface area contributed by atoms with Crippen LogP contribution >= 0.6 is 11.6 Å². The van der Waals surface area contributed by atoms with E-state index in [-0.39, 0.29) is 6.04 Å². The molecule has 1 aromatic carbocycles. The van der Waals surface area contributed by atoms with Gasteiger partial charge in [0.2, 0.25) is 15.9 Å². The van der Waals surface area contributed by atoms with E-state index in [1.54, 1.807) is 32.3 Å². The predicted octanol–water partition coefficient (Wildman–Crippen LogP) is 1.09. The quantitative estimate of drug-likeness (QED) is 0.873. The van der Waals surface area contributed by atoms with Gasteiger partial charge in [-0.1, -0.05) is 23.7 Å². The molecule has 1 N–H and O–H groups in total. The molecule has 1 aliphatic heterocycles. The van der Waals surface area contributed by atoms with Gasteiger partial charge in [-0.3, -0.25) is 4.79 Å². The lowest BCUT2D eigenvalue weighted by Gasteiger charge is -2.37. The van der Waals surface area contributed by atoms with Crippen LogP contribution in [0.3, 0.4) is 0 Å². The van der Waals surface area contributed by atoms with Crippen molar-refractivity contribution in [1.29, 1.82) is 0 Å². The summed E-state index contributed by atoms with van der Waals surface area (Å²) in [7, 11) is -0.645. The first-order chi connectivity index (χ1) is 10.7. The molecule has 6 nitrogen and oxygen atoms in total. The van der Waals surface area contributed by atoms with Crippen LogP contribution in [-0.4, -0.2) is 62.5 Å². The number of benzene rings is 1. The van der Waals surface area contributed by atoms with Crippen molar-refractivity contribution in [3.05, 3.63) is 34.9 Å². The number of piperazine rings is 1. The molecule has 1 heterocycles. The minimum atomic E-state index is -3.76. The zero-order valence-electron chi connectivity index (χ0n) is 13.5. The van der Waals surface area contributed by atoms with E-state index in [2.05, 4.69) is 5.32 Å². The van der Waals surface area contributed by atoms with Gasteiger partial charge in [-0.05, 0) is 24.6 Å². The Bertz CT molecular complexity index is 678. The fourth-order valence-corrected chi connectivity index (χ4v) is 4.65. The number of nitrogens with one attached hydrogen (secondary N) is 1. The number of hydrogen-bond donors (Lipinski definition) is 1. The van der Waals surface area contributed by atoms with Gasteiger partial charge in [-0.15, -0.1) is 0 Å². The second-order valence-corrected chi connectivity index (χ2v) is 8.45. The van der Waals surface area contributed by atoms with Crippen molar-refractivity contribution in [1.82, 2.24) is 14.5 Å². The van der Waals surface area contributed by atoms with Crippen molar-refractivity contribution in [3.8, 4) is 0 Å². The monoisotopic (exact) mass is 359 g/mol. The van der Waals surface area contributed by atoms with E-state index in [0.29, 0.717) is 24.7 Å². The zero-order valence-corrected chi connectivity index (χ0v) is 15.1. The topological polar surface area (TPSA) is 69.7 Å². The molecule has 0 bridgehead atoms. The van der Waals surface area contributed by atoms with E-state index in [1.807, 2.05) is 6.07 Å². The molecule has 2 rings (SSSR count). The molecule has 0 radical (unpaired) electrons. The van der Waals surface area contributed by atoms with E-state index in [1.165, 1.54) is 16.1 Å². The number of hydrogen-bond acceptors (Lipinski definition) is 4. The minimum Gasteiger partial charge on any atom is -0.348 e. The van der Waals surface area contributed by atoms with E-state index < -0.39 is 21.2 Å². The highest BCUT2D eigenvalue weighted by molar-refractivity contribution is 7.90. The lowest BCUT2D eigenvalue weighted by atomic mass is 10.1. The van der Waals surface area contributed by atoms with Gasteiger partial charge >= 0.3 is 0 Å². The zero-order chi connectivity index (χ0) is 17.2. The normalized spacial score (nSPS) is 21.0. The van der Waals surface area contributed by atoms with Gasteiger partial charge in [0.15, 0.2) is 5.25 Å². The van der Waals surface area contributed by atoms with Crippen LogP contribution in [0.5, 0.6) is 0 Å². The molecule has 23 heavy (non-hydrogen) atoms. The molecular weight excluding hydrogens is 338 g/mol. The lowest BCUT2D eigenvalue weighted by Crippen LogP contribution is -2.53. The van der Waals surface area contributed by atoms with Crippen molar-refractivity contribution in [2.45, 2.75) is 18.2 Å². The average molecular weight is 360 g/mol. The van der Waals surface area contributed by atoms with Crippen molar-refractivity contribution < 1.29 is 13.2 Å². The highest BCUT2D eigenvalue weighted by Crippen LogP contribution is 2.28. The van der Waals surface area contributed by atoms with Gasteiger partial charge in [-0.25, -0.2) is 8.42 Å². The maximum Gasteiger partial charge on any atom is 0.241 e. The van der Waals surface area contributed by atoms with Crippen molar-refractivity contribution in [2.24, 2.45) is 0 Å². The van der Waals surface area contributed by atoms with Gasteiger partial charge in [0.25, 0.3) is 0 Å². The lowest BCUT2D eigenvalue weighted by molar-refractivity contribution is -0.128. The van der Waals surface area contributed by atoms with Gasteiger partial charge < -0.3 is 10.2 Å². The molecule has 0 aliphatic carbocycles. The molecule has 1 aliphatic rings. The summed E-state index contributed by atoms with van der Waals surface area (Å²) in [5, 5.41) is 2.65. The van der Waals surface area contributed by atoms with E-state index in [0.717, 1.165) is 5.56 Å². The predicted molar refractivity (Wildman–Crippen MR) is 90.8 cm³/mol. The first-order valence-electron chi connectivity index (χ1n) is 7.43. The minimum absolute atomic E-state index is 0.324. The van der Waals surface area contributed by atoms with Crippen LogP contribution in [-0.2, 0) is 14.8 Å². The van der Waals surface area contributed by atoms with Gasteiger partial charge in [0.1, 0.15) is 0 Å². The Kier molecular flexibility index (Phi) is 5.67. The largest absolute Gasteiger partial charge is 0.348 e. The molecule has 0 spiro atoms. The number of amides is 1. The van der Waals surface area contributed by atoms with E-state index in [9.17, 15) is 13.2 Å². The summed E-state index contributed by atoms with van der Waals surface area (Å²) in [6, 6.07) is 6.79. The molecule has 1 fully saturated rings. The van der Waals surface area contributed by atoms with Crippen LogP contribution in [0.2, 0.25) is 5.02 Å². The Morgan fingerprint density at radius 2 is 2.13 bits per heavy atom. The molecule has 1 amide bonds. The Labute approximate surface area is 142 Å². The molecule has 2 unspecified atom stereocenters. The summed E-state index contributed by atoms with van der Waals surface area (Å²) < 4.78 is 27.3. The highest BCUT2D eigenvalue weighted by atomic mass is 35.5. The standard InChI is InChI=1S/C15H22ClN3O3S/c1-11(15(20)18(2)3)23(21,22)19-8-7-17-10-14(19)12-5-4-6-13(16)9-12/h4-6,9,11,14,17H,7-8,10H2,1-3H3. The first-order valence-corrected chi connectivity index (χ1v) is 9.31. The third-order valence-electron chi connectivity index (χ3n) is 3.99. The summed E-state index contributed by atoms with van der Waals surface area (Å²) in [4.78, 5) is 13.4. The molecule has 0 aromatic heterocycles. The Balaban J connectivity index is 2.36. The second-order valence-electron chi connectivity index (χ2n) is 5.81. The van der Waals surface area contributed by atoms with Crippen LogP contribution in [0.4, 0.5) is 0 Å². The summed E-state index contributed by atoms with van der Waals surface area (Å²) >= 11 is 6.03. The number of sulfonamides is 1. The number of nitrogens with zero attached hydrogens (tertiary/aromatic N) is 2. The van der Waals surface area contributed by atoms with Crippen LogP contribution in [0.25, 0.3) is 0 Å². The van der Waals surface area contributed by atoms with Crippen LogP contribution < -0.4 is 5.32 Å². The van der Waals surface area contributed by atoms with Crippen molar-refractivity contribution in [2.75, 3.05) is 33.7 Å². The first kappa shape index (κ1) is 18.2. The smallest absolute Gasteiger partial charge is 0.241 e. The van der Waals surface area contributed by atoms with Crippen LogP contribution in [0.1, 0.15) is 18.5 Å². The Morgan fingerprint density at radius 1 is 1.43 bits per heavy atom. The van der Waals surface area contributed by atoms with Crippen LogP contribution in [0.15, 0.2) is 24.3 Å². The van der Waals surface area contributed by atoms with Gasteiger partial charge in [0, 0.05) is 38.8 Å². The van der Waals surface area contributed by atoms with Gasteiger partial charge in [-0.2, -0.15) is 4.31 Å². The summed E-state index contributed by atoms with van der Waals surface area (Å²) in [6.07, 6.45) is 0. The Morgan fingerprint density at radius 3 is 2.74 bits per heavy atom. The third kappa shape index (κ3) is 3.85. The fraction of sp³-hybridized carbons (Fsp3) is 0.533. The second kappa shape index (κ2) is 7.17. The molecule has 128 valence electrons. The van der Waals surface area contributed by atoms with Crippen molar-refractivity contribution >= 4 is 27.5 Å². The Hall–Kier alpha value is -1.15. The van der Waals surface area contributed by atoms with E-state index >= 15 is 0 Å². The molecule has 8 heteroatoms. The highest BCUT2D eigenvalue weighted by Gasteiger charge is 2.40. The average Bonchev–Trinajstić information content (AvgIpc) is 2.53. The SMILES string of the molecule is CC(C(=O)N(C)C)S(=O)(=O)N1CCNCC1c1cccc(Cl)c1. The number of carbonyl (C=O) groups excluding carboxylic acids is 1. The number of halogens is 1. The van der Waals surface area contributed by atoms with Crippen molar-refractivity contribution in [3.63, 3.8) is 0 Å². The van der Waals surface area contributed by atoms with Crippen LogP contribution in [0, 0.1) is 0 Å². The fourth-order valence-electron chi connectivity index (χ4n) is 2.68. The summed E-state index contributed by atoms with van der Waals surface area (Å²) in [6.45, 7) is 2.81. The maximum atomic E-state index is 12.9. The third-order valence-corrected chi connectivity index (χ3v) is 6.41.